The Kier molecular flexibility index (Phi) is 6.15. The maximum atomic E-state index is 12.0. The predicted molar refractivity (Wildman–Crippen MR) is 73.9 cm³/mol. The molecule has 18 heavy (non-hydrogen) atoms. The van der Waals surface area contributed by atoms with Crippen LogP contribution in [0, 0.1) is 5.92 Å². The number of halogens is 1. The van der Waals surface area contributed by atoms with Gasteiger partial charge in [-0.2, -0.15) is 0 Å². The van der Waals surface area contributed by atoms with Crippen LogP contribution in [-0.2, 0) is 0 Å². The smallest absolute Gasteiger partial charge is 0.252 e. The molecule has 1 aromatic carbocycles. The van der Waals surface area contributed by atoms with Gasteiger partial charge in [0.25, 0.3) is 5.91 Å². The molecule has 0 aliphatic heterocycles. The highest BCUT2D eigenvalue weighted by atomic mass is 79.9. The maximum absolute atomic E-state index is 12.0. The average Bonchev–Trinajstić information content (AvgIpc) is 2.37. The topological polar surface area (TPSA) is 58.6 Å². The lowest BCUT2D eigenvalue weighted by molar-refractivity contribution is 0.0944. The second-order valence-electron chi connectivity index (χ2n) is 4.17. The SMILES string of the molecule is COc1ccc(Br)c(C(=O)NCC(C)CCO)c1. The number of rotatable bonds is 6. The van der Waals surface area contributed by atoms with Gasteiger partial charge in [0.15, 0.2) is 0 Å². The van der Waals surface area contributed by atoms with Crippen LogP contribution in [0.2, 0.25) is 0 Å². The number of hydrogen-bond donors (Lipinski definition) is 2. The first-order valence-corrected chi connectivity index (χ1v) is 6.60. The molecule has 1 rings (SSSR count). The molecule has 2 N–H and O–H groups in total. The molecule has 0 saturated heterocycles. The van der Waals surface area contributed by atoms with Crippen LogP contribution in [0.15, 0.2) is 22.7 Å². The van der Waals surface area contributed by atoms with Crippen LogP contribution in [0.25, 0.3) is 0 Å². The van der Waals surface area contributed by atoms with Crippen molar-refractivity contribution in [2.75, 3.05) is 20.3 Å². The van der Waals surface area contributed by atoms with E-state index in [1.165, 1.54) is 0 Å². The molecule has 0 heterocycles. The summed E-state index contributed by atoms with van der Waals surface area (Å²) in [6.07, 6.45) is 0.680. The van der Waals surface area contributed by atoms with E-state index in [0.29, 0.717) is 24.3 Å². The molecule has 0 aliphatic carbocycles. The molecule has 0 fully saturated rings. The normalized spacial score (nSPS) is 12.0. The molecule has 1 amide bonds. The number of carbonyl (C=O) groups is 1. The third kappa shape index (κ3) is 4.31. The number of benzene rings is 1. The van der Waals surface area contributed by atoms with E-state index < -0.39 is 0 Å². The van der Waals surface area contributed by atoms with Crippen molar-refractivity contribution in [2.45, 2.75) is 13.3 Å². The molecule has 5 heteroatoms. The third-order valence-electron chi connectivity index (χ3n) is 2.65. The van der Waals surface area contributed by atoms with E-state index in [1.54, 1.807) is 25.3 Å². The molecule has 1 atom stereocenters. The number of ether oxygens (including phenoxy) is 1. The summed E-state index contributed by atoms with van der Waals surface area (Å²) in [5.74, 6) is 0.751. The van der Waals surface area contributed by atoms with Crippen molar-refractivity contribution < 1.29 is 14.6 Å². The van der Waals surface area contributed by atoms with Crippen LogP contribution in [0.1, 0.15) is 23.7 Å². The van der Waals surface area contributed by atoms with Gasteiger partial charge in [0, 0.05) is 17.6 Å². The van der Waals surface area contributed by atoms with Crippen molar-refractivity contribution in [3.63, 3.8) is 0 Å². The monoisotopic (exact) mass is 315 g/mol. The summed E-state index contributed by atoms with van der Waals surface area (Å²) in [6.45, 7) is 2.67. The van der Waals surface area contributed by atoms with Gasteiger partial charge in [-0.05, 0) is 46.5 Å². The Morgan fingerprint density at radius 2 is 2.28 bits per heavy atom. The van der Waals surface area contributed by atoms with Crippen molar-refractivity contribution in [1.29, 1.82) is 0 Å². The number of nitrogens with one attached hydrogen (secondary N) is 1. The van der Waals surface area contributed by atoms with Gasteiger partial charge >= 0.3 is 0 Å². The highest BCUT2D eigenvalue weighted by Gasteiger charge is 2.12. The van der Waals surface area contributed by atoms with Crippen LogP contribution in [-0.4, -0.2) is 31.3 Å². The first-order valence-electron chi connectivity index (χ1n) is 5.81. The van der Waals surface area contributed by atoms with E-state index in [9.17, 15) is 4.79 Å². The van der Waals surface area contributed by atoms with Gasteiger partial charge < -0.3 is 15.2 Å². The van der Waals surface area contributed by atoms with E-state index >= 15 is 0 Å². The Labute approximate surface area is 115 Å². The van der Waals surface area contributed by atoms with Crippen molar-refractivity contribution in [2.24, 2.45) is 5.92 Å². The quantitative estimate of drug-likeness (QED) is 0.846. The summed E-state index contributed by atoms with van der Waals surface area (Å²) in [5, 5.41) is 11.6. The molecule has 1 unspecified atom stereocenters. The van der Waals surface area contributed by atoms with Gasteiger partial charge in [-0.1, -0.05) is 6.92 Å². The molecular weight excluding hydrogens is 298 g/mol. The van der Waals surface area contributed by atoms with Crippen LogP contribution in [0.5, 0.6) is 5.75 Å². The molecule has 4 nitrogen and oxygen atoms in total. The fraction of sp³-hybridized carbons (Fsp3) is 0.462. The molecule has 0 aliphatic rings. The highest BCUT2D eigenvalue weighted by Crippen LogP contribution is 2.22. The molecule has 0 bridgehead atoms. The largest absolute Gasteiger partial charge is 0.497 e. The average molecular weight is 316 g/mol. The zero-order valence-corrected chi connectivity index (χ0v) is 12.2. The first-order chi connectivity index (χ1) is 8.58. The van der Waals surface area contributed by atoms with E-state index in [4.69, 9.17) is 9.84 Å². The molecule has 0 saturated carbocycles. The molecule has 0 aromatic heterocycles. The lowest BCUT2D eigenvalue weighted by Gasteiger charge is -2.12. The molecule has 1 aromatic rings. The zero-order chi connectivity index (χ0) is 13.5. The maximum Gasteiger partial charge on any atom is 0.252 e. The lowest BCUT2D eigenvalue weighted by Crippen LogP contribution is -2.28. The molecular formula is C13H18BrNO3. The highest BCUT2D eigenvalue weighted by molar-refractivity contribution is 9.10. The summed E-state index contributed by atoms with van der Waals surface area (Å²) in [6, 6.07) is 5.26. The number of carbonyl (C=O) groups excluding carboxylic acids is 1. The second kappa shape index (κ2) is 7.38. The lowest BCUT2D eigenvalue weighted by atomic mass is 10.1. The standard InChI is InChI=1S/C13H18BrNO3/c1-9(5-6-16)8-15-13(17)11-7-10(18-2)3-4-12(11)14/h3-4,7,9,16H,5-6,8H2,1-2H3,(H,15,17). The molecule has 0 radical (unpaired) electrons. The zero-order valence-electron chi connectivity index (χ0n) is 10.6. The minimum atomic E-state index is -0.148. The van der Waals surface area contributed by atoms with Gasteiger partial charge in [0.1, 0.15) is 5.75 Å². The van der Waals surface area contributed by atoms with Gasteiger partial charge in [-0.25, -0.2) is 0 Å². The fourth-order valence-electron chi connectivity index (χ4n) is 1.49. The third-order valence-corrected chi connectivity index (χ3v) is 3.34. The number of aliphatic hydroxyl groups excluding tert-OH is 1. The van der Waals surface area contributed by atoms with E-state index in [0.717, 1.165) is 4.47 Å². The summed E-state index contributed by atoms with van der Waals surface area (Å²) >= 11 is 3.34. The van der Waals surface area contributed by atoms with E-state index in [1.807, 2.05) is 6.92 Å². The summed E-state index contributed by atoms with van der Waals surface area (Å²) in [4.78, 5) is 12.0. The Balaban J connectivity index is 2.66. The first kappa shape index (κ1) is 15.0. The van der Waals surface area contributed by atoms with Crippen molar-refractivity contribution >= 4 is 21.8 Å². The Morgan fingerprint density at radius 1 is 1.56 bits per heavy atom. The minimum absolute atomic E-state index is 0.139. The van der Waals surface area contributed by atoms with Crippen LogP contribution >= 0.6 is 15.9 Å². The predicted octanol–water partition coefficient (Wildman–Crippen LogP) is 2.21. The number of methoxy groups -OCH3 is 1. The number of hydrogen-bond acceptors (Lipinski definition) is 3. The van der Waals surface area contributed by atoms with Crippen molar-refractivity contribution in [1.82, 2.24) is 5.32 Å². The van der Waals surface area contributed by atoms with E-state index in [-0.39, 0.29) is 18.4 Å². The van der Waals surface area contributed by atoms with Gasteiger partial charge in [0.2, 0.25) is 0 Å². The summed E-state index contributed by atoms with van der Waals surface area (Å²) < 4.78 is 5.82. The Morgan fingerprint density at radius 3 is 2.89 bits per heavy atom. The molecule has 0 spiro atoms. The van der Waals surface area contributed by atoms with Crippen LogP contribution in [0.4, 0.5) is 0 Å². The minimum Gasteiger partial charge on any atom is -0.497 e. The van der Waals surface area contributed by atoms with Gasteiger partial charge in [0.05, 0.1) is 12.7 Å². The number of aliphatic hydroxyl groups is 1. The second-order valence-corrected chi connectivity index (χ2v) is 5.03. The van der Waals surface area contributed by atoms with Crippen molar-refractivity contribution in [3.8, 4) is 5.75 Å². The fourth-order valence-corrected chi connectivity index (χ4v) is 1.92. The Bertz CT molecular complexity index is 409. The van der Waals surface area contributed by atoms with E-state index in [2.05, 4.69) is 21.2 Å². The summed E-state index contributed by atoms with van der Waals surface area (Å²) in [5.41, 5.74) is 0.547. The van der Waals surface area contributed by atoms with Crippen molar-refractivity contribution in [3.05, 3.63) is 28.2 Å². The molecule has 100 valence electrons. The van der Waals surface area contributed by atoms with Gasteiger partial charge in [-0.3, -0.25) is 4.79 Å². The Hall–Kier alpha value is -1.07. The number of amides is 1. The van der Waals surface area contributed by atoms with Crippen LogP contribution < -0.4 is 10.1 Å². The van der Waals surface area contributed by atoms with Gasteiger partial charge in [-0.15, -0.1) is 0 Å². The van der Waals surface area contributed by atoms with Crippen LogP contribution in [0.3, 0.4) is 0 Å². The summed E-state index contributed by atoms with van der Waals surface area (Å²) in [7, 11) is 1.56.